The second-order valence-corrected chi connectivity index (χ2v) is 6.14. The number of fused-ring (bicyclic) bond motifs is 1. The van der Waals surface area contributed by atoms with Gasteiger partial charge in [0.25, 0.3) is 0 Å². The summed E-state index contributed by atoms with van der Waals surface area (Å²) in [6.07, 6.45) is 3.36. The van der Waals surface area contributed by atoms with Gasteiger partial charge in [0, 0.05) is 30.2 Å². The molecule has 0 saturated carbocycles. The molecule has 1 aliphatic heterocycles. The van der Waals surface area contributed by atoms with Crippen molar-refractivity contribution in [2.75, 3.05) is 18.0 Å². The summed E-state index contributed by atoms with van der Waals surface area (Å²) in [6.45, 7) is 1.34. The van der Waals surface area contributed by atoms with E-state index in [0.717, 1.165) is 47.4 Å². The van der Waals surface area contributed by atoms with E-state index >= 15 is 0 Å². The van der Waals surface area contributed by atoms with Crippen molar-refractivity contribution in [3.63, 3.8) is 0 Å². The highest BCUT2D eigenvalue weighted by Crippen LogP contribution is 2.29. The predicted molar refractivity (Wildman–Crippen MR) is 91.9 cm³/mol. The van der Waals surface area contributed by atoms with Crippen molar-refractivity contribution in [1.29, 1.82) is 0 Å². The molecular formula is C18H18N4O2. The summed E-state index contributed by atoms with van der Waals surface area (Å²) in [5.41, 5.74) is 2.87. The lowest BCUT2D eigenvalue weighted by atomic mass is 9.98. The number of nitrogens with zero attached hydrogens (tertiary/aromatic N) is 3. The Morgan fingerprint density at radius 1 is 1.29 bits per heavy atom. The summed E-state index contributed by atoms with van der Waals surface area (Å²) < 4.78 is 0. The molecule has 1 aliphatic rings. The number of nitrogens with one attached hydrogen (secondary N) is 1. The van der Waals surface area contributed by atoms with Crippen molar-refractivity contribution in [2.45, 2.75) is 12.8 Å². The molecule has 0 radical (unpaired) electrons. The number of aromatic amines is 1. The molecule has 2 aromatic heterocycles. The Labute approximate surface area is 139 Å². The lowest BCUT2D eigenvalue weighted by molar-refractivity contribution is -0.141. The maximum atomic E-state index is 11.3. The van der Waals surface area contributed by atoms with Crippen LogP contribution < -0.4 is 4.90 Å². The second-order valence-electron chi connectivity index (χ2n) is 6.14. The average Bonchev–Trinajstić information content (AvgIpc) is 3.06. The Balaban J connectivity index is 1.68. The van der Waals surface area contributed by atoms with E-state index in [1.165, 1.54) is 0 Å². The highest BCUT2D eigenvalue weighted by Gasteiger charge is 2.26. The Morgan fingerprint density at radius 3 is 3.04 bits per heavy atom. The van der Waals surface area contributed by atoms with E-state index in [0.29, 0.717) is 6.54 Å². The molecule has 1 saturated heterocycles. The van der Waals surface area contributed by atoms with E-state index in [-0.39, 0.29) is 5.92 Å². The molecular weight excluding hydrogens is 304 g/mol. The van der Waals surface area contributed by atoms with E-state index < -0.39 is 5.97 Å². The molecule has 6 nitrogen and oxygen atoms in total. The van der Waals surface area contributed by atoms with Crippen LogP contribution in [0.15, 0.2) is 42.6 Å². The van der Waals surface area contributed by atoms with Crippen LogP contribution in [0.4, 0.5) is 5.82 Å². The number of aliphatic carboxylic acids is 1. The minimum atomic E-state index is -0.728. The third-order valence-corrected chi connectivity index (χ3v) is 4.58. The van der Waals surface area contributed by atoms with E-state index in [9.17, 15) is 9.90 Å². The van der Waals surface area contributed by atoms with Gasteiger partial charge in [0.1, 0.15) is 11.5 Å². The molecule has 122 valence electrons. The van der Waals surface area contributed by atoms with Gasteiger partial charge < -0.3 is 10.0 Å². The standard InChI is InChI=1S/C18H18N4O2/c23-18(24)13-4-3-9-22(11-13)16-10-12(7-8-19-16)17-14-5-1-2-6-15(14)20-21-17/h1-2,5-8,10,13H,3-4,9,11H2,(H,20,21)(H,23,24)/t13-/m1/s1. The number of para-hydroxylation sites is 1. The molecule has 1 aromatic carbocycles. The summed E-state index contributed by atoms with van der Waals surface area (Å²) in [4.78, 5) is 17.8. The number of benzene rings is 1. The van der Waals surface area contributed by atoms with Crippen LogP contribution in [-0.4, -0.2) is 39.3 Å². The number of aromatic nitrogens is 3. The number of pyridine rings is 1. The van der Waals surface area contributed by atoms with Gasteiger partial charge in [0.05, 0.1) is 11.4 Å². The molecule has 24 heavy (non-hydrogen) atoms. The van der Waals surface area contributed by atoms with E-state index in [1.807, 2.05) is 36.4 Å². The Hall–Kier alpha value is -2.89. The van der Waals surface area contributed by atoms with Gasteiger partial charge in [-0.25, -0.2) is 4.98 Å². The van der Waals surface area contributed by atoms with Crippen molar-refractivity contribution in [1.82, 2.24) is 15.2 Å². The normalized spacial score (nSPS) is 18.0. The lowest BCUT2D eigenvalue weighted by Crippen LogP contribution is -2.39. The van der Waals surface area contributed by atoms with Crippen LogP contribution in [0.25, 0.3) is 22.2 Å². The van der Waals surface area contributed by atoms with Gasteiger partial charge >= 0.3 is 5.97 Å². The first-order valence-electron chi connectivity index (χ1n) is 8.09. The Bertz CT molecular complexity index is 889. The average molecular weight is 322 g/mol. The summed E-state index contributed by atoms with van der Waals surface area (Å²) in [7, 11) is 0. The first-order chi connectivity index (χ1) is 11.7. The monoisotopic (exact) mass is 322 g/mol. The molecule has 0 spiro atoms. The zero-order valence-corrected chi connectivity index (χ0v) is 13.1. The predicted octanol–water partition coefficient (Wildman–Crippen LogP) is 2.93. The van der Waals surface area contributed by atoms with Gasteiger partial charge in [0.2, 0.25) is 0 Å². The molecule has 4 rings (SSSR count). The van der Waals surface area contributed by atoms with Crippen LogP contribution in [0.3, 0.4) is 0 Å². The molecule has 0 bridgehead atoms. The summed E-state index contributed by atoms with van der Waals surface area (Å²) in [6, 6.07) is 11.9. The molecule has 2 N–H and O–H groups in total. The van der Waals surface area contributed by atoms with Gasteiger partial charge in [-0.05, 0) is 31.0 Å². The summed E-state index contributed by atoms with van der Waals surface area (Å²) in [5, 5.41) is 17.8. The highest BCUT2D eigenvalue weighted by molar-refractivity contribution is 5.93. The molecule has 1 atom stereocenters. The Morgan fingerprint density at radius 2 is 2.17 bits per heavy atom. The molecule has 0 unspecified atom stereocenters. The Kier molecular flexibility index (Phi) is 3.65. The fourth-order valence-electron chi connectivity index (χ4n) is 3.31. The van der Waals surface area contributed by atoms with Crippen LogP contribution in [0.2, 0.25) is 0 Å². The smallest absolute Gasteiger partial charge is 0.308 e. The van der Waals surface area contributed by atoms with Crippen LogP contribution in [0.5, 0.6) is 0 Å². The molecule has 3 aromatic rings. The fourth-order valence-corrected chi connectivity index (χ4v) is 3.31. The van der Waals surface area contributed by atoms with Crippen LogP contribution in [-0.2, 0) is 4.79 Å². The molecule has 0 amide bonds. The summed E-state index contributed by atoms with van der Waals surface area (Å²) >= 11 is 0. The molecule has 6 heteroatoms. The number of hydrogen-bond donors (Lipinski definition) is 2. The number of carboxylic acid groups (broad SMARTS) is 1. The third-order valence-electron chi connectivity index (χ3n) is 4.58. The topological polar surface area (TPSA) is 82.1 Å². The van der Waals surface area contributed by atoms with Crippen LogP contribution >= 0.6 is 0 Å². The minimum Gasteiger partial charge on any atom is -0.481 e. The first-order valence-corrected chi connectivity index (χ1v) is 8.09. The van der Waals surface area contributed by atoms with Crippen molar-refractivity contribution >= 4 is 22.7 Å². The number of H-pyrrole nitrogens is 1. The molecule has 3 heterocycles. The van der Waals surface area contributed by atoms with Gasteiger partial charge in [-0.3, -0.25) is 9.89 Å². The van der Waals surface area contributed by atoms with Gasteiger partial charge in [-0.2, -0.15) is 5.10 Å². The number of anilines is 1. The zero-order chi connectivity index (χ0) is 16.5. The summed E-state index contributed by atoms with van der Waals surface area (Å²) in [5.74, 6) is -0.241. The van der Waals surface area contributed by atoms with Crippen molar-refractivity contribution < 1.29 is 9.90 Å². The number of carboxylic acids is 1. The number of piperidine rings is 1. The first kappa shape index (κ1) is 14.7. The van der Waals surface area contributed by atoms with Crippen molar-refractivity contribution in [2.24, 2.45) is 5.92 Å². The second kappa shape index (κ2) is 5.96. The van der Waals surface area contributed by atoms with Crippen molar-refractivity contribution in [3.05, 3.63) is 42.6 Å². The zero-order valence-electron chi connectivity index (χ0n) is 13.1. The van der Waals surface area contributed by atoms with Gasteiger partial charge in [0.15, 0.2) is 0 Å². The largest absolute Gasteiger partial charge is 0.481 e. The third kappa shape index (κ3) is 2.60. The number of rotatable bonds is 3. The number of carbonyl (C=O) groups is 1. The lowest BCUT2D eigenvalue weighted by Gasteiger charge is -2.31. The molecule has 1 fully saturated rings. The maximum Gasteiger partial charge on any atom is 0.308 e. The van der Waals surface area contributed by atoms with Crippen LogP contribution in [0.1, 0.15) is 12.8 Å². The van der Waals surface area contributed by atoms with E-state index in [4.69, 9.17) is 0 Å². The van der Waals surface area contributed by atoms with E-state index in [2.05, 4.69) is 20.1 Å². The minimum absolute atomic E-state index is 0.324. The maximum absolute atomic E-state index is 11.3. The quantitative estimate of drug-likeness (QED) is 0.775. The fraction of sp³-hybridized carbons (Fsp3) is 0.278. The van der Waals surface area contributed by atoms with Crippen LogP contribution in [0, 0.1) is 5.92 Å². The molecule has 0 aliphatic carbocycles. The van der Waals surface area contributed by atoms with Gasteiger partial charge in [-0.15, -0.1) is 0 Å². The van der Waals surface area contributed by atoms with Gasteiger partial charge in [-0.1, -0.05) is 18.2 Å². The van der Waals surface area contributed by atoms with E-state index in [1.54, 1.807) is 6.20 Å². The highest BCUT2D eigenvalue weighted by atomic mass is 16.4. The van der Waals surface area contributed by atoms with Crippen molar-refractivity contribution in [3.8, 4) is 11.3 Å². The SMILES string of the molecule is O=C(O)[C@@H]1CCCN(c2cc(-c3n[nH]c4ccccc34)ccn2)C1. The number of hydrogen-bond acceptors (Lipinski definition) is 4.